The summed E-state index contributed by atoms with van der Waals surface area (Å²) in [6.45, 7) is 2.01. The topological polar surface area (TPSA) is 75.3 Å². The number of aromatic nitrogens is 3. The Hall–Kier alpha value is -3.67. The zero-order valence-electron chi connectivity index (χ0n) is 15.4. The second kappa shape index (κ2) is 6.49. The Morgan fingerprint density at radius 2 is 1.86 bits per heavy atom. The summed E-state index contributed by atoms with van der Waals surface area (Å²) in [6.07, 6.45) is 0.725. The van der Waals surface area contributed by atoms with Gasteiger partial charge in [-0.05, 0) is 48.9 Å². The highest BCUT2D eigenvalue weighted by molar-refractivity contribution is 6.04. The van der Waals surface area contributed by atoms with E-state index in [0.29, 0.717) is 0 Å². The number of nitrogens with zero attached hydrogens (tertiary/aromatic N) is 4. The number of phenols is 1. The van der Waals surface area contributed by atoms with E-state index in [1.54, 1.807) is 6.07 Å². The molecular formula is C22H19N5O. The highest BCUT2D eigenvalue weighted by atomic mass is 16.3. The van der Waals surface area contributed by atoms with Crippen LogP contribution in [0.5, 0.6) is 5.75 Å². The van der Waals surface area contributed by atoms with Gasteiger partial charge in [-0.2, -0.15) is 5.10 Å². The minimum Gasteiger partial charge on any atom is -0.507 e. The summed E-state index contributed by atoms with van der Waals surface area (Å²) in [6, 6.07) is 21.8. The molecule has 1 atom stereocenters. The molecule has 3 aromatic carbocycles. The van der Waals surface area contributed by atoms with Crippen LogP contribution in [0.1, 0.15) is 29.2 Å². The lowest BCUT2D eigenvalue weighted by atomic mass is 9.97. The fourth-order valence-corrected chi connectivity index (χ4v) is 3.59. The third kappa shape index (κ3) is 2.79. The van der Waals surface area contributed by atoms with E-state index in [1.165, 1.54) is 0 Å². The van der Waals surface area contributed by atoms with Crippen LogP contribution in [-0.2, 0) is 0 Å². The molecule has 6 heteroatoms. The number of aromatic hydroxyl groups is 1. The number of para-hydroxylation sites is 1. The predicted molar refractivity (Wildman–Crippen MR) is 109 cm³/mol. The van der Waals surface area contributed by atoms with E-state index >= 15 is 0 Å². The minimum atomic E-state index is 0.0800. The highest BCUT2D eigenvalue weighted by Crippen LogP contribution is 2.29. The van der Waals surface area contributed by atoms with Crippen LogP contribution in [0.4, 0.5) is 0 Å². The number of benzene rings is 3. The quantitative estimate of drug-likeness (QED) is 0.575. The van der Waals surface area contributed by atoms with Gasteiger partial charge in [0.05, 0.1) is 23.0 Å². The largest absolute Gasteiger partial charge is 0.507 e. The van der Waals surface area contributed by atoms with Crippen LogP contribution in [0.2, 0.25) is 0 Å². The number of aryl methyl sites for hydroxylation is 1. The van der Waals surface area contributed by atoms with Crippen LogP contribution in [0, 0.1) is 6.92 Å². The lowest BCUT2D eigenvalue weighted by molar-refractivity contribution is 0.474. The first-order valence-electron chi connectivity index (χ1n) is 9.22. The fraction of sp³-hybridized carbons (Fsp3) is 0.136. The Balaban J connectivity index is 1.38. The zero-order chi connectivity index (χ0) is 19.1. The molecule has 138 valence electrons. The SMILES string of the molecule is Cc1ccc(O)c(C2=NNC(c3ccc(-n4nnc5ccccc54)cc3)C2)c1. The van der Waals surface area contributed by atoms with Gasteiger partial charge in [0, 0.05) is 12.0 Å². The van der Waals surface area contributed by atoms with Gasteiger partial charge in [0.1, 0.15) is 11.3 Å². The Morgan fingerprint density at radius 1 is 1.04 bits per heavy atom. The monoisotopic (exact) mass is 369 g/mol. The Morgan fingerprint density at radius 3 is 2.71 bits per heavy atom. The summed E-state index contributed by atoms with van der Waals surface area (Å²) in [5.74, 6) is 0.264. The maximum absolute atomic E-state index is 10.2. The minimum absolute atomic E-state index is 0.0800. The molecule has 4 aromatic rings. The Bertz CT molecular complexity index is 1190. The zero-order valence-corrected chi connectivity index (χ0v) is 15.4. The number of hydrogen-bond acceptors (Lipinski definition) is 5. The summed E-state index contributed by atoms with van der Waals surface area (Å²) in [7, 11) is 0. The van der Waals surface area contributed by atoms with Gasteiger partial charge in [-0.25, -0.2) is 4.68 Å². The maximum Gasteiger partial charge on any atom is 0.124 e. The van der Waals surface area contributed by atoms with Crippen molar-refractivity contribution >= 4 is 16.7 Å². The van der Waals surface area contributed by atoms with Crippen LogP contribution in [0.3, 0.4) is 0 Å². The van der Waals surface area contributed by atoms with Crippen molar-refractivity contribution in [2.75, 3.05) is 0 Å². The number of hydrazone groups is 1. The molecule has 0 saturated heterocycles. The summed E-state index contributed by atoms with van der Waals surface area (Å²) in [4.78, 5) is 0. The summed E-state index contributed by atoms with van der Waals surface area (Å²) >= 11 is 0. The molecule has 1 unspecified atom stereocenters. The van der Waals surface area contributed by atoms with Gasteiger partial charge < -0.3 is 10.5 Å². The van der Waals surface area contributed by atoms with Crippen molar-refractivity contribution in [3.8, 4) is 11.4 Å². The van der Waals surface area contributed by atoms with E-state index in [0.717, 1.165) is 45.5 Å². The van der Waals surface area contributed by atoms with Crippen molar-refractivity contribution in [2.45, 2.75) is 19.4 Å². The smallest absolute Gasteiger partial charge is 0.124 e. The van der Waals surface area contributed by atoms with Crippen LogP contribution < -0.4 is 5.43 Å². The van der Waals surface area contributed by atoms with Gasteiger partial charge in [0.25, 0.3) is 0 Å². The number of phenolic OH excluding ortho intramolecular Hbond substituents is 1. The Kier molecular flexibility index (Phi) is 3.83. The van der Waals surface area contributed by atoms with Crippen molar-refractivity contribution in [1.82, 2.24) is 20.4 Å². The molecule has 6 nitrogen and oxygen atoms in total. The van der Waals surface area contributed by atoms with Crippen molar-refractivity contribution in [3.63, 3.8) is 0 Å². The molecule has 1 aliphatic rings. The molecule has 2 heterocycles. The molecule has 1 aliphatic heterocycles. The molecule has 5 rings (SSSR count). The van der Waals surface area contributed by atoms with Crippen LogP contribution in [0.25, 0.3) is 16.7 Å². The fourth-order valence-electron chi connectivity index (χ4n) is 3.59. The first kappa shape index (κ1) is 16.5. The molecule has 2 N–H and O–H groups in total. The van der Waals surface area contributed by atoms with Gasteiger partial charge in [-0.3, -0.25) is 0 Å². The Labute approximate surface area is 162 Å². The lowest BCUT2D eigenvalue weighted by Crippen LogP contribution is -2.10. The normalized spacial score (nSPS) is 16.2. The van der Waals surface area contributed by atoms with Gasteiger partial charge in [-0.15, -0.1) is 5.10 Å². The van der Waals surface area contributed by atoms with E-state index in [1.807, 2.05) is 60.1 Å². The number of hydrogen-bond donors (Lipinski definition) is 2. The maximum atomic E-state index is 10.2. The van der Waals surface area contributed by atoms with E-state index in [9.17, 15) is 5.11 Å². The van der Waals surface area contributed by atoms with E-state index in [4.69, 9.17) is 0 Å². The first-order chi connectivity index (χ1) is 13.7. The average molecular weight is 369 g/mol. The molecule has 0 bridgehead atoms. The average Bonchev–Trinajstić information content (AvgIpc) is 3.37. The van der Waals surface area contributed by atoms with Crippen molar-refractivity contribution in [2.24, 2.45) is 5.10 Å². The van der Waals surface area contributed by atoms with Gasteiger partial charge in [0.2, 0.25) is 0 Å². The number of fused-ring (bicyclic) bond motifs is 1. The molecule has 0 radical (unpaired) electrons. The molecule has 0 aliphatic carbocycles. The number of rotatable bonds is 3. The molecule has 0 saturated carbocycles. The third-order valence-electron chi connectivity index (χ3n) is 5.11. The molecule has 1 aromatic heterocycles. The second-order valence-corrected chi connectivity index (χ2v) is 7.05. The number of nitrogens with one attached hydrogen (secondary N) is 1. The van der Waals surface area contributed by atoms with Crippen molar-refractivity contribution in [3.05, 3.63) is 83.4 Å². The molecule has 0 amide bonds. The van der Waals surface area contributed by atoms with Crippen molar-refractivity contribution in [1.29, 1.82) is 0 Å². The van der Waals surface area contributed by atoms with Gasteiger partial charge in [0.15, 0.2) is 0 Å². The molecule has 0 fully saturated rings. The third-order valence-corrected chi connectivity index (χ3v) is 5.11. The molecule has 28 heavy (non-hydrogen) atoms. The van der Waals surface area contributed by atoms with Crippen LogP contribution >= 0.6 is 0 Å². The van der Waals surface area contributed by atoms with E-state index in [2.05, 4.69) is 33.0 Å². The summed E-state index contributed by atoms with van der Waals surface area (Å²) in [5, 5.41) is 23.1. The van der Waals surface area contributed by atoms with Crippen LogP contribution in [-0.4, -0.2) is 25.8 Å². The summed E-state index contributed by atoms with van der Waals surface area (Å²) in [5.41, 5.74) is 9.92. The summed E-state index contributed by atoms with van der Waals surface area (Å²) < 4.78 is 1.84. The van der Waals surface area contributed by atoms with Gasteiger partial charge >= 0.3 is 0 Å². The second-order valence-electron chi connectivity index (χ2n) is 7.05. The van der Waals surface area contributed by atoms with E-state index in [-0.39, 0.29) is 11.8 Å². The standard InChI is InChI=1S/C22H19N5O/c1-14-6-11-22(28)17(12-14)20-13-19(23-24-20)15-7-9-16(10-8-15)27-21-5-3-2-4-18(21)25-26-27/h2-12,19,23,28H,13H2,1H3. The van der Waals surface area contributed by atoms with Crippen LogP contribution in [0.15, 0.2) is 71.8 Å². The van der Waals surface area contributed by atoms with Gasteiger partial charge in [-0.1, -0.05) is 41.1 Å². The predicted octanol–water partition coefficient (Wildman–Crippen LogP) is 3.87. The highest BCUT2D eigenvalue weighted by Gasteiger charge is 2.23. The lowest BCUT2D eigenvalue weighted by Gasteiger charge is -2.11. The van der Waals surface area contributed by atoms with Crippen molar-refractivity contribution < 1.29 is 5.11 Å². The molecular weight excluding hydrogens is 350 g/mol. The van der Waals surface area contributed by atoms with E-state index < -0.39 is 0 Å². The first-order valence-corrected chi connectivity index (χ1v) is 9.22. The molecule has 0 spiro atoms.